The molecule has 1 unspecified atom stereocenters. The molecule has 2 aliphatic rings. The van der Waals surface area contributed by atoms with Gasteiger partial charge < -0.3 is 9.88 Å². The molecule has 0 bridgehead atoms. The molecule has 3 heterocycles. The van der Waals surface area contributed by atoms with Crippen molar-refractivity contribution in [3.63, 3.8) is 0 Å². The molecule has 2 saturated heterocycles. The lowest BCUT2D eigenvalue weighted by Crippen LogP contribution is -2.39. The average molecular weight is 318 g/mol. The molecule has 0 saturated carbocycles. The highest BCUT2D eigenvalue weighted by Crippen LogP contribution is 2.24. The highest BCUT2D eigenvalue weighted by molar-refractivity contribution is 6.31. The van der Waals surface area contributed by atoms with Crippen molar-refractivity contribution in [1.82, 2.24) is 14.8 Å². The molecule has 1 atom stereocenters. The molecule has 1 N–H and O–H groups in total. The minimum atomic E-state index is 0.112. The van der Waals surface area contributed by atoms with E-state index in [4.69, 9.17) is 11.6 Å². The maximum Gasteiger partial charge on any atom is 0.270 e. The lowest BCUT2D eigenvalue weighted by molar-refractivity contribution is 0.0738. The number of aromatic amines is 1. The number of amides is 1. The van der Waals surface area contributed by atoms with Crippen LogP contribution in [0.3, 0.4) is 0 Å². The van der Waals surface area contributed by atoms with E-state index in [2.05, 4.69) is 9.88 Å². The number of hydrogen-bond donors (Lipinski definition) is 1. The van der Waals surface area contributed by atoms with Gasteiger partial charge in [0.05, 0.1) is 0 Å². The molecule has 0 radical (unpaired) electrons. The molecule has 0 spiro atoms. The molecule has 5 heteroatoms. The van der Waals surface area contributed by atoms with E-state index in [9.17, 15) is 4.79 Å². The number of benzene rings is 1. The Hall–Kier alpha value is -1.52. The summed E-state index contributed by atoms with van der Waals surface area (Å²) in [7, 11) is 0. The van der Waals surface area contributed by atoms with E-state index in [0.29, 0.717) is 16.8 Å². The third kappa shape index (κ3) is 2.50. The van der Waals surface area contributed by atoms with Gasteiger partial charge in [-0.3, -0.25) is 9.69 Å². The normalized spacial score (nSPS) is 22.8. The Morgan fingerprint density at radius 3 is 2.95 bits per heavy atom. The summed E-state index contributed by atoms with van der Waals surface area (Å²) in [6.07, 6.45) is 3.54. The molecule has 4 rings (SSSR count). The van der Waals surface area contributed by atoms with Crippen molar-refractivity contribution < 1.29 is 4.79 Å². The molecule has 0 aliphatic carbocycles. The quantitative estimate of drug-likeness (QED) is 0.877. The topological polar surface area (TPSA) is 39.3 Å². The molecular weight excluding hydrogens is 298 g/mol. The Kier molecular flexibility index (Phi) is 3.59. The minimum Gasteiger partial charge on any atom is -0.351 e. The second-order valence-corrected chi connectivity index (χ2v) is 6.79. The van der Waals surface area contributed by atoms with Crippen LogP contribution < -0.4 is 0 Å². The van der Waals surface area contributed by atoms with Crippen molar-refractivity contribution in [1.29, 1.82) is 0 Å². The van der Waals surface area contributed by atoms with Crippen LogP contribution in [-0.2, 0) is 0 Å². The number of rotatable bonds is 1. The summed E-state index contributed by atoms with van der Waals surface area (Å²) in [4.78, 5) is 20.6. The van der Waals surface area contributed by atoms with Gasteiger partial charge in [0.25, 0.3) is 5.91 Å². The molecular formula is C17H20ClN3O. The van der Waals surface area contributed by atoms with Gasteiger partial charge in [0, 0.05) is 41.6 Å². The lowest BCUT2D eigenvalue weighted by atomic mass is 10.2. The smallest absolute Gasteiger partial charge is 0.270 e. The maximum absolute atomic E-state index is 12.8. The van der Waals surface area contributed by atoms with E-state index in [0.717, 1.165) is 37.0 Å². The van der Waals surface area contributed by atoms with Crippen molar-refractivity contribution in [2.24, 2.45) is 0 Å². The summed E-state index contributed by atoms with van der Waals surface area (Å²) in [5.74, 6) is 0.112. The summed E-state index contributed by atoms with van der Waals surface area (Å²) >= 11 is 6.02. The number of nitrogens with one attached hydrogen (secondary N) is 1. The zero-order chi connectivity index (χ0) is 15.1. The van der Waals surface area contributed by atoms with E-state index in [1.807, 2.05) is 29.2 Å². The largest absolute Gasteiger partial charge is 0.351 e. The molecule has 1 amide bonds. The first-order valence-electron chi connectivity index (χ1n) is 8.02. The predicted molar refractivity (Wildman–Crippen MR) is 88.4 cm³/mol. The fourth-order valence-corrected chi connectivity index (χ4v) is 3.96. The number of carbonyl (C=O) groups excluding carboxylic acids is 1. The second kappa shape index (κ2) is 5.60. The summed E-state index contributed by atoms with van der Waals surface area (Å²) in [6, 6.07) is 8.13. The first-order chi connectivity index (χ1) is 10.7. The van der Waals surface area contributed by atoms with E-state index in [1.54, 1.807) is 0 Å². The third-order valence-electron chi connectivity index (χ3n) is 4.90. The Labute approximate surface area is 135 Å². The van der Waals surface area contributed by atoms with Crippen molar-refractivity contribution in [2.75, 3.05) is 26.2 Å². The Bertz CT molecular complexity index is 711. The standard InChI is InChI=1S/C17H20ClN3O/c18-13-4-5-15-12(9-13)10-16(19-15)17(22)21-8-2-7-20-6-1-3-14(20)11-21/h4-5,9-10,14,19H,1-3,6-8,11H2. The van der Waals surface area contributed by atoms with Gasteiger partial charge in [-0.2, -0.15) is 0 Å². The number of fused-ring (bicyclic) bond motifs is 2. The van der Waals surface area contributed by atoms with Crippen LogP contribution in [-0.4, -0.2) is 52.9 Å². The van der Waals surface area contributed by atoms with Crippen molar-refractivity contribution in [3.05, 3.63) is 35.0 Å². The van der Waals surface area contributed by atoms with Crippen LogP contribution in [0.2, 0.25) is 5.02 Å². The van der Waals surface area contributed by atoms with Crippen LogP contribution in [0.4, 0.5) is 0 Å². The second-order valence-electron chi connectivity index (χ2n) is 6.35. The number of hydrogen-bond acceptors (Lipinski definition) is 2. The number of aromatic nitrogens is 1. The van der Waals surface area contributed by atoms with E-state index < -0.39 is 0 Å². The molecule has 2 fully saturated rings. The number of carbonyl (C=O) groups is 1. The van der Waals surface area contributed by atoms with Crippen LogP contribution in [0.1, 0.15) is 29.8 Å². The van der Waals surface area contributed by atoms with Crippen LogP contribution in [0.25, 0.3) is 10.9 Å². The average Bonchev–Trinajstić information content (AvgIpc) is 3.07. The lowest BCUT2D eigenvalue weighted by Gasteiger charge is -2.25. The Morgan fingerprint density at radius 2 is 2.05 bits per heavy atom. The fourth-order valence-electron chi connectivity index (χ4n) is 3.78. The highest BCUT2D eigenvalue weighted by Gasteiger charge is 2.31. The predicted octanol–water partition coefficient (Wildman–Crippen LogP) is 3.13. The van der Waals surface area contributed by atoms with Gasteiger partial charge in [0.2, 0.25) is 0 Å². The monoisotopic (exact) mass is 317 g/mol. The van der Waals surface area contributed by atoms with Crippen LogP contribution >= 0.6 is 11.6 Å². The SMILES string of the molecule is O=C(c1cc2cc(Cl)ccc2[nH]1)N1CCCN2CCCC2C1. The maximum atomic E-state index is 12.8. The van der Waals surface area contributed by atoms with Crippen LogP contribution in [0.15, 0.2) is 24.3 Å². The van der Waals surface area contributed by atoms with Crippen molar-refractivity contribution >= 4 is 28.4 Å². The molecule has 116 valence electrons. The van der Waals surface area contributed by atoms with Gasteiger partial charge in [-0.15, -0.1) is 0 Å². The summed E-state index contributed by atoms with van der Waals surface area (Å²) < 4.78 is 0. The molecule has 4 nitrogen and oxygen atoms in total. The van der Waals surface area contributed by atoms with Crippen LogP contribution in [0.5, 0.6) is 0 Å². The first kappa shape index (κ1) is 14.1. The summed E-state index contributed by atoms with van der Waals surface area (Å²) in [5, 5.41) is 1.69. The van der Waals surface area contributed by atoms with Gasteiger partial charge in [0.15, 0.2) is 0 Å². The van der Waals surface area contributed by atoms with Crippen molar-refractivity contribution in [3.8, 4) is 0 Å². The summed E-state index contributed by atoms with van der Waals surface area (Å²) in [5.41, 5.74) is 1.63. The fraction of sp³-hybridized carbons (Fsp3) is 0.471. The van der Waals surface area contributed by atoms with E-state index in [1.165, 1.54) is 19.4 Å². The third-order valence-corrected chi connectivity index (χ3v) is 5.14. The molecule has 1 aromatic carbocycles. The van der Waals surface area contributed by atoms with Gasteiger partial charge in [-0.25, -0.2) is 0 Å². The molecule has 2 aliphatic heterocycles. The van der Waals surface area contributed by atoms with Crippen molar-refractivity contribution in [2.45, 2.75) is 25.3 Å². The van der Waals surface area contributed by atoms with Gasteiger partial charge in [-0.1, -0.05) is 11.6 Å². The van der Waals surface area contributed by atoms with Gasteiger partial charge in [0.1, 0.15) is 5.69 Å². The van der Waals surface area contributed by atoms with E-state index >= 15 is 0 Å². The minimum absolute atomic E-state index is 0.112. The molecule has 2 aromatic rings. The van der Waals surface area contributed by atoms with Gasteiger partial charge >= 0.3 is 0 Å². The van der Waals surface area contributed by atoms with Gasteiger partial charge in [-0.05, 0) is 50.1 Å². The number of halogens is 1. The molecule has 1 aromatic heterocycles. The Morgan fingerprint density at radius 1 is 1.18 bits per heavy atom. The van der Waals surface area contributed by atoms with Crippen LogP contribution in [0, 0.1) is 0 Å². The zero-order valence-corrected chi connectivity index (χ0v) is 13.3. The number of nitrogens with zero attached hydrogens (tertiary/aromatic N) is 2. The summed E-state index contributed by atoms with van der Waals surface area (Å²) in [6.45, 7) is 4.02. The zero-order valence-electron chi connectivity index (χ0n) is 12.5. The first-order valence-corrected chi connectivity index (χ1v) is 8.40. The van der Waals surface area contributed by atoms with E-state index in [-0.39, 0.29) is 5.91 Å². The Balaban J connectivity index is 1.59. The molecule has 22 heavy (non-hydrogen) atoms. The highest BCUT2D eigenvalue weighted by atomic mass is 35.5. The number of H-pyrrole nitrogens is 1.